The zero-order valence-corrected chi connectivity index (χ0v) is 20.4. The smallest absolute Gasteiger partial charge is 0.397 e. The third-order valence-electron chi connectivity index (χ3n) is 6.30. The number of nitrogens with zero attached hydrogens (tertiary/aromatic N) is 2. The molecule has 0 aromatic heterocycles. The number of alkyl halides is 3. The summed E-state index contributed by atoms with van der Waals surface area (Å²) in [6.07, 6.45) is -4.90. The maximum absolute atomic E-state index is 13.3. The summed E-state index contributed by atoms with van der Waals surface area (Å²) in [6, 6.07) is 3.84. The van der Waals surface area contributed by atoms with Gasteiger partial charge in [0.1, 0.15) is 18.8 Å². The van der Waals surface area contributed by atoms with Gasteiger partial charge in [0.25, 0.3) is 5.91 Å². The summed E-state index contributed by atoms with van der Waals surface area (Å²) in [5.41, 5.74) is 0.137. The van der Waals surface area contributed by atoms with Crippen molar-refractivity contribution in [1.82, 2.24) is 9.80 Å². The van der Waals surface area contributed by atoms with Crippen LogP contribution in [0.1, 0.15) is 43.5 Å². The number of benzene rings is 1. The Morgan fingerprint density at radius 3 is 2.49 bits per heavy atom. The standard InChI is InChI=1S/C24H32F3N3O5/c1-14-11-30(22(32)16-5-6-16)15(2)13-35-19-8-7-17(28-21(31)10-24(25,26)27)9-18(19)23(33)29(3)12-20(14)34-4/h7-9,14-16,20H,5-6,10-13H2,1-4H3,(H,28,31)/t14-,15-,20+/m0/s1. The lowest BCUT2D eigenvalue weighted by Gasteiger charge is -2.36. The van der Waals surface area contributed by atoms with E-state index in [9.17, 15) is 27.6 Å². The van der Waals surface area contributed by atoms with Gasteiger partial charge in [0.15, 0.2) is 0 Å². The summed E-state index contributed by atoms with van der Waals surface area (Å²) in [5, 5.41) is 2.18. The minimum absolute atomic E-state index is 0.0259. The lowest BCUT2D eigenvalue weighted by molar-refractivity contribution is -0.150. The Morgan fingerprint density at radius 2 is 1.89 bits per heavy atom. The molecule has 3 atom stereocenters. The van der Waals surface area contributed by atoms with Crippen molar-refractivity contribution in [3.63, 3.8) is 0 Å². The first-order valence-corrected chi connectivity index (χ1v) is 11.6. The van der Waals surface area contributed by atoms with Crippen LogP contribution in [-0.2, 0) is 14.3 Å². The van der Waals surface area contributed by atoms with Gasteiger partial charge in [-0.2, -0.15) is 13.2 Å². The zero-order valence-electron chi connectivity index (χ0n) is 20.4. The van der Waals surface area contributed by atoms with Crippen molar-refractivity contribution >= 4 is 23.4 Å². The van der Waals surface area contributed by atoms with Gasteiger partial charge in [0.2, 0.25) is 11.8 Å². The molecule has 11 heteroatoms. The van der Waals surface area contributed by atoms with E-state index in [1.807, 2.05) is 18.7 Å². The Balaban J connectivity index is 1.91. The molecule has 3 amide bonds. The average molecular weight is 500 g/mol. The molecule has 194 valence electrons. The van der Waals surface area contributed by atoms with Gasteiger partial charge in [-0.05, 0) is 38.0 Å². The predicted molar refractivity (Wildman–Crippen MR) is 122 cm³/mol. The van der Waals surface area contributed by atoms with Crippen molar-refractivity contribution < 1.29 is 37.0 Å². The number of carbonyl (C=O) groups is 3. The first kappa shape index (κ1) is 26.8. The minimum atomic E-state index is -4.65. The average Bonchev–Trinajstić information content (AvgIpc) is 3.62. The van der Waals surface area contributed by atoms with E-state index in [0.717, 1.165) is 12.8 Å². The summed E-state index contributed by atoms with van der Waals surface area (Å²) in [5.74, 6) is -1.43. The Hall–Kier alpha value is -2.82. The highest BCUT2D eigenvalue weighted by Crippen LogP contribution is 2.33. The van der Waals surface area contributed by atoms with Crippen LogP contribution in [0.3, 0.4) is 0 Å². The maximum atomic E-state index is 13.3. The van der Waals surface area contributed by atoms with Gasteiger partial charge in [-0.15, -0.1) is 0 Å². The van der Waals surface area contributed by atoms with Crippen LogP contribution in [0.5, 0.6) is 5.75 Å². The third-order valence-corrected chi connectivity index (χ3v) is 6.30. The second kappa shape index (κ2) is 10.8. The minimum Gasteiger partial charge on any atom is -0.491 e. The van der Waals surface area contributed by atoms with E-state index < -0.39 is 24.4 Å². The number of amides is 3. The topological polar surface area (TPSA) is 88.2 Å². The second-order valence-corrected chi connectivity index (χ2v) is 9.41. The largest absolute Gasteiger partial charge is 0.491 e. The van der Waals surface area contributed by atoms with E-state index in [1.54, 1.807) is 14.2 Å². The fourth-order valence-electron chi connectivity index (χ4n) is 4.11. The molecule has 1 saturated carbocycles. The van der Waals surface area contributed by atoms with E-state index in [2.05, 4.69) is 5.32 Å². The van der Waals surface area contributed by atoms with Crippen LogP contribution in [0.2, 0.25) is 0 Å². The number of likely N-dealkylation sites (N-methyl/N-ethyl adjacent to an activating group) is 1. The van der Waals surface area contributed by atoms with E-state index in [-0.39, 0.29) is 60.0 Å². The molecule has 1 aliphatic heterocycles. The van der Waals surface area contributed by atoms with Gasteiger partial charge >= 0.3 is 6.18 Å². The lowest BCUT2D eigenvalue weighted by atomic mass is 10.0. The molecule has 1 heterocycles. The van der Waals surface area contributed by atoms with Crippen molar-refractivity contribution in [3.05, 3.63) is 23.8 Å². The first-order chi connectivity index (χ1) is 16.4. The Kier molecular flexibility index (Phi) is 8.30. The molecule has 1 aliphatic carbocycles. The van der Waals surface area contributed by atoms with E-state index >= 15 is 0 Å². The number of carbonyl (C=O) groups excluding carboxylic acids is 3. The second-order valence-electron chi connectivity index (χ2n) is 9.41. The summed E-state index contributed by atoms with van der Waals surface area (Å²) in [7, 11) is 3.13. The van der Waals surface area contributed by atoms with Crippen molar-refractivity contribution in [1.29, 1.82) is 0 Å². The Bertz CT molecular complexity index is 951. The summed E-state index contributed by atoms with van der Waals surface area (Å²) < 4.78 is 49.2. The molecule has 0 spiro atoms. The molecule has 0 saturated heterocycles. The number of fused-ring (bicyclic) bond motifs is 1. The highest BCUT2D eigenvalue weighted by atomic mass is 19.4. The molecule has 2 aliphatic rings. The molecule has 3 rings (SSSR count). The number of hydrogen-bond donors (Lipinski definition) is 1. The van der Waals surface area contributed by atoms with Crippen molar-refractivity contribution in [2.75, 3.05) is 39.2 Å². The highest BCUT2D eigenvalue weighted by molar-refractivity contribution is 5.99. The van der Waals surface area contributed by atoms with Gasteiger partial charge in [0, 0.05) is 44.8 Å². The fourth-order valence-corrected chi connectivity index (χ4v) is 4.11. The van der Waals surface area contributed by atoms with Gasteiger partial charge in [-0.25, -0.2) is 0 Å². The molecular formula is C24H32F3N3O5. The lowest BCUT2D eigenvalue weighted by Crippen LogP contribution is -2.49. The zero-order chi connectivity index (χ0) is 25.9. The van der Waals surface area contributed by atoms with Gasteiger partial charge in [-0.1, -0.05) is 6.92 Å². The predicted octanol–water partition coefficient (Wildman–Crippen LogP) is 3.32. The van der Waals surface area contributed by atoms with Gasteiger partial charge in [0.05, 0.1) is 17.7 Å². The number of rotatable bonds is 4. The molecule has 0 bridgehead atoms. The van der Waals surface area contributed by atoms with Crippen molar-refractivity contribution in [2.24, 2.45) is 11.8 Å². The van der Waals surface area contributed by atoms with Crippen LogP contribution < -0.4 is 10.1 Å². The monoisotopic (exact) mass is 499 g/mol. The van der Waals surface area contributed by atoms with Crippen LogP contribution in [0.25, 0.3) is 0 Å². The third kappa shape index (κ3) is 7.09. The van der Waals surface area contributed by atoms with Crippen LogP contribution in [0.4, 0.5) is 18.9 Å². The van der Waals surface area contributed by atoms with Crippen molar-refractivity contribution in [2.45, 2.75) is 51.4 Å². The van der Waals surface area contributed by atoms with Crippen molar-refractivity contribution in [3.8, 4) is 5.75 Å². The van der Waals surface area contributed by atoms with E-state index in [0.29, 0.717) is 6.54 Å². The molecule has 0 radical (unpaired) electrons. The summed E-state index contributed by atoms with van der Waals surface area (Å²) >= 11 is 0. The Morgan fingerprint density at radius 1 is 1.20 bits per heavy atom. The normalized spacial score (nSPS) is 24.1. The molecule has 1 N–H and O–H groups in total. The molecule has 8 nitrogen and oxygen atoms in total. The molecule has 1 fully saturated rings. The number of halogens is 3. The first-order valence-electron chi connectivity index (χ1n) is 11.6. The van der Waals surface area contributed by atoms with E-state index in [1.165, 1.54) is 23.1 Å². The van der Waals surface area contributed by atoms with Crippen LogP contribution >= 0.6 is 0 Å². The quantitative estimate of drug-likeness (QED) is 0.687. The highest BCUT2D eigenvalue weighted by Gasteiger charge is 2.37. The van der Waals surface area contributed by atoms with E-state index in [4.69, 9.17) is 9.47 Å². The SMILES string of the molecule is CO[C@@H]1CN(C)C(=O)c2cc(NC(=O)CC(F)(F)F)ccc2OC[C@H](C)N(C(=O)C2CC2)C[C@@H]1C. The van der Waals surface area contributed by atoms with Gasteiger partial charge < -0.3 is 24.6 Å². The molecule has 1 aromatic carbocycles. The molecule has 0 unspecified atom stereocenters. The van der Waals surface area contributed by atoms with Crippen LogP contribution in [-0.4, -0.2) is 79.7 Å². The number of anilines is 1. The summed E-state index contributed by atoms with van der Waals surface area (Å²) in [6.45, 7) is 4.63. The number of nitrogens with one attached hydrogen (secondary N) is 1. The molecule has 1 aromatic rings. The number of hydrogen-bond acceptors (Lipinski definition) is 5. The fraction of sp³-hybridized carbons (Fsp3) is 0.625. The maximum Gasteiger partial charge on any atom is 0.397 e. The summed E-state index contributed by atoms with van der Waals surface area (Å²) in [4.78, 5) is 41.3. The molecular weight excluding hydrogens is 467 g/mol. The Labute approximate surface area is 202 Å². The number of ether oxygens (including phenoxy) is 2. The number of methoxy groups -OCH3 is 1. The van der Waals surface area contributed by atoms with Crippen LogP contribution in [0.15, 0.2) is 18.2 Å². The molecule has 35 heavy (non-hydrogen) atoms. The van der Waals surface area contributed by atoms with Crippen LogP contribution in [0, 0.1) is 11.8 Å². The van der Waals surface area contributed by atoms with Gasteiger partial charge in [-0.3, -0.25) is 14.4 Å².